The zero-order valence-corrected chi connectivity index (χ0v) is 22.4. The lowest BCUT2D eigenvalue weighted by atomic mass is 9.45. The molecule has 0 amide bonds. The molecule has 3 saturated carbocycles. The first-order chi connectivity index (χ1) is 13.3. The normalized spacial score (nSPS) is 47.4. The summed E-state index contributed by atoms with van der Waals surface area (Å²) < 4.78 is 13.9. The van der Waals surface area contributed by atoms with Crippen LogP contribution in [0.4, 0.5) is 0 Å². The third-order valence-electron chi connectivity index (χ3n) is 9.03. The van der Waals surface area contributed by atoms with Crippen LogP contribution in [0.25, 0.3) is 0 Å². The van der Waals surface area contributed by atoms with Gasteiger partial charge in [0.05, 0.1) is 6.10 Å². The molecule has 4 rings (SSSR count). The summed E-state index contributed by atoms with van der Waals surface area (Å²) in [5.74, 6) is 3.26. The lowest BCUT2D eigenvalue weighted by molar-refractivity contribution is -0.159. The second-order valence-corrected chi connectivity index (χ2v) is 22.2. The number of rotatable bonds is 4. The van der Waals surface area contributed by atoms with E-state index in [9.17, 15) is 0 Å². The fraction of sp³-hybridized carbons (Fsp3) is 0.920. The quantitative estimate of drug-likeness (QED) is 0.343. The molecular formula is C25H46O2Si2. The third-order valence-corrected chi connectivity index (χ3v) is 11.0. The van der Waals surface area contributed by atoms with Gasteiger partial charge in [0.25, 0.3) is 0 Å². The van der Waals surface area contributed by atoms with Crippen LogP contribution in [0.3, 0.4) is 0 Å². The Morgan fingerprint density at radius 3 is 2.14 bits per heavy atom. The molecule has 4 aliphatic carbocycles. The third kappa shape index (κ3) is 4.01. The zero-order chi connectivity index (χ0) is 21.2. The van der Waals surface area contributed by atoms with Gasteiger partial charge in [0.2, 0.25) is 0 Å². The minimum Gasteiger partial charge on any atom is -0.414 e. The van der Waals surface area contributed by atoms with Crippen LogP contribution in [0.1, 0.15) is 58.8 Å². The average Bonchev–Trinajstić information content (AvgIpc) is 2.87. The predicted octanol–water partition coefficient (Wildman–Crippen LogP) is 7.25. The highest BCUT2D eigenvalue weighted by Gasteiger charge is 2.63. The first-order valence-electron chi connectivity index (χ1n) is 12.3. The van der Waals surface area contributed by atoms with Gasteiger partial charge >= 0.3 is 0 Å². The van der Waals surface area contributed by atoms with E-state index in [1.54, 1.807) is 0 Å². The van der Waals surface area contributed by atoms with Crippen LogP contribution < -0.4 is 0 Å². The average molecular weight is 435 g/mol. The van der Waals surface area contributed by atoms with Crippen LogP contribution in [-0.2, 0) is 8.85 Å². The van der Waals surface area contributed by atoms with E-state index in [1.165, 1.54) is 44.9 Å². The van der Waals surface area contributed by atoms with Crippen LogP contribution >= 0.6 is 0 Å². The van der Waals surface area contributed by atoms with E-state index in [4.69, 9.17) is 8.85 Å². The van der Waals surface area contributed by atoms with Gasteiger partial charge in [0.15, 0.2) is 16.6 Å². The molecule has 0 radical (unpaired) electrons. The van der Waals surface area contributed by atoms with E-state index in [1.807, 2.05) is 0 Å². The van der Waals surface area contributed by atoms with Gasteiger partial charge in [-0.2, -0.15) is 0 Å². The Morgan fingerprint density at radius 1 is 0.793 bits per heavy atom. The summed E-state index contributed by atoms with van der Waals surface area (Å²) in [6.45, 7) is 19.5. The SMILES string of the molecule is C[C@]12CC=CC[C@@H]1CC[C@@H]1[C@@H]2[C@@H](O[Si](C)(C)C)C[C@]2(C)C(O[Si](C)(C)C)CC[C@@H]12. The molecule has 166 valence electrons. The zero-order valence-electron chi connectivity index (χ0n) is 20.4. The van der Waals surface area contributed by atoms with Gasteiger partial charge in [-0.25, -0.2) is 0 Å². The molecule has 0 bridgehead atoms. The molecule has 0 N–H and O–H groups in total. The van der Waals surface area contributed by atoms with E-state index in [0.29, 0.717) is 23.0 Å². The van der Waals surface area contributed by atoms with Crippen molar-refractivity contribution < 1.29 is 8.85 Å². The highest BCUT2D eigenvalue weighted by molar-refractivity contribution is 6.70. The van der Waals surface area contributed by atoms with Crippen molar-refractivity contribution in [1.29, 1.82) is 0 Å². The molecule has 4 heteroatoms. The molecule has 0 heterocycles. The Bertz CT molecular complexity index is 648. The van der Waals surface area contributed by atoms with E-state index < -0.39 is 16.6 Å². The van der Waals surface area contributed by atoms with Crippen LogP contribution in [0.15, 0.2) is 12.2 Å². The van der Waals surface area contributed by atoms with Crippen molar-refractivity contribution in [3.05, 3.63) is 12.2 Å². The minimum absolute atomic E-state index is 0.305. The number of fused-ring (bicyclic) bond motifs is 5. The summed E-state index contributed by atoms with van der Waals surface area (Å²) in [6.07, 6.45) is 15.1. The van der Waals surface area contributed by atoms with Crippen molar-refractivity contribution in [2.24, 2.45) is 34.5 Å². The van der Waals surface area contributed by atoms with E-state index in [2.05, 4.69) is 65.3 Å². The van der Waals surface area contributed by atoms with Crippen LogP contribution in [0, 0.1) is 34.5 Å². The molecule has 0 saturated heterocycles. The fourth-order valence-corrected chi connectivity index (χ4v) is 10.4. The van der Waals surface area contributed by atoms with Gasteiger partial charge in [0.1, 0.15) is 0 Å². The van der Waals surface area contributed by atoms with Gasteiger partial charge in [-0.05, 0) is 119 Å². The first kappa shape index (κ1) is 22.3. The van der Waals surface area contributed by atoms with Crippen molar-refractivity contribution >= 4 is 16.6 Å². The molecule has 0 aromatic heterocycles. The smallest absolute Gasteiger partial charge is 0.184 e. The fourth-order valence-electron chi connectivity index (χ4n) is 8.07. The van der Waals surface area contributed by atoms with Crippen molar-refractivity contribution in [3.8, 4) is 0 Å². The lowest BCUT2D eigenvalue weighted by Crippen LogP contribution is -2.61. The molecular weight excluding hydrogens is 388 g/mol. The topological polar surface area (TPSA) is 18.5 Å². The molecule has 0 aliphatic heterocycles. The predicted molar refractivity (Wildman–Crippen MR) is 128 cm³/mol. The summed E-state index contributed by atoms with van der Waals surface area (Å²) in [5.41, 5.74) is 0.737. The van der Waals surface area contributed by atoms with Crippen molar-refractivity contribution in [2.75, 3.05) is 0 Å². The molecule has 2 nitrogen and oxygen atoms in total. The lowest BCUT2D eigenvalue weighted by Gasteiger charge is -2.62. The molecule has 29 heavy (non-hydrogen) atoms. The van der Waals surface area contributed by atoms with E-state index in [0.717, 1.165) is 23.7 Å². The van der Waals surface area contributed by atoms with Gasteiger partial charge in [0, 0.05) is 6.10 Å². The first-order valence-corrected chi connectivity index (χ1v) is 19.2. The molecule has 0 aromatic carbocycles. The largest absolute Gasteiger partial charge is 0.414 e. The number of allylic oxidation sites excluding steroid dienone is 2. The summed E-state index contributed by atoms with van der Waals surface area (Å²) in [6, 6.07) is 0. The number of hydrogen-bond donors (Lipinski definition) is 0. The van der Waals surface area contributed by atoms with Gasteiger partial charge < -0.3 is 8.85 Å². The molecule has 0 spiro atoms. The Morgan fingerprint density at radius 2 is 1.48 bits per heavy atom. The monoisotopic (exact) mass is 434 g/mol. The Labute approximate surface area is 182 Å². The molecule has 4 aliphatic rings. The summed E-state index contributed by atoms with van der Waals surface area (Å²) in [7, 11) is -3.15. The highest BCUT2D eigenvalue weighted by Crippen LogP contribution is 2.66. The van der Waals surface area contributed by atoms with Crippen molar-refractivity contribution in [3.63, 3.8) is 0 Å². The van der Waals surface area contributed by atoms with Gasteiger partial charge in [-0.1, -0.05) is 26.0 Å². The van der Waals surface area contributed by atoms with Gasteiger partial charge in [-0.15, -0.1) is 0 Å². The summed E-state index contributed by atoms with van der Waals surface area (Å²) >= 11 is 0. The van der Waals surface area contributed by atoms with Crippen LogP contribution in [0.5, 0.6) is 0 Å². The van der Waals surface area contributed by atoms with Crippen LogP contribution in [-0.4, -0.2) is 28.8 Å². The van der Waals surface area contributed by atoms with E-state index >= 15 is 0 Å². The second-order valence-electron chi connectivity index (χ2n) is 13.3. The molecule has 1 unspecified atom stereocenters. The van der Waals surface area contributed by atoms with Crippen LogP contribution in [0.2, 0.25) is 39.3 Å². The van der Waals surface area contributed by atoms with E-state index in [-0.39, 0.29) is 0 Å². The maximum Gasteiger partial charge on any atom is 0.184 e. The standard InChI is InChI=1S/C25H46O2Si2/c1-24-16-10-9-11-18(24)12-13-19-20-14-15-22(27-29(6,7)8)25(20,2)17-21(23(19)24)26-28(3,4)5/h9-10,18-23H,11-17H2,1-8H3/t18-,19+,20+,21+,22?,23-,24+,25+/m1/s1. The minimum atomic E-state index is -1.61. The van der Waals surface area contributed by atoms with Gasteiger partial charge in [-0.3, -0.25) is 0 Å². The molecule has 8 atom stereocenters. The molecule has 0 aromatic rings. The summed E-state index contributed by atoms with van der Waals surface area (Å²) in [4.78, 5) is 0. The summed E-state index contributed by atoms with van der Waals surface area (Å²) in [5, 5.41) is 0. The van der Waals surface area contributed by atoms with Crippen molar-refractivity contribution in [1.82, 2.24) is 0 Å². The highest BCUT2D eigenvalue weighted by atomic mass is 28.4. The Kier molecular flexibility index (Phi) is 5.62. The molecule has 3 fully saturated rings. The maximum atomic E-state index is 7.08. The number of hydrogen-bond acceptors (Lipinski definition) is 2. The second kappa shape index (κ2) is 7.32. The Hall–Kier alpha value is 0.0938. The van der Waals surface area contributed by atoms with Crippen molar-refractivity contribution in [2.45, 2.75) is 110 Å². The maximum absolute atomic E-state index is 7.08. The Balaban J connectivity index is 1.71.